The number of amides is 1. The average molecular weight is 528 g/mol. The van der Waals surface area contributed by atoms with E-state index in [1.54, 1.807) is 18.0 Å². The second-order valence-electron chi connectivity index (χ2n) is 8.79. The van der Waals surface area contributed by atoms with Crippen molar-refractivity contribution in [1.29, 1.82) is 0 Å². The third-order valence-corrected chi connectivity index (χ3v) is 7.46. The van der Waals surface area contributed by atoms with Gasteiger partial charge < -0.3 is 10.2 Å². The highest BCUT2D eigenvalue weighted by Crippen LogP contribution is 2.26. The quantitative estimate of drug-likeness (QED) is 0.415. The maximum absolute atomic E-state index is 13.8. The first kappa shape index (κ1) is 28.9. The zero-order chi connectivity index (χ0) is 26.3. The van der Waals surface area contributed by atoms with Gasteiger partial charge >= 0.3 is 0 Å². The van der Waals surface area contributed by atoms with E-state index in [1.165, 1.54) is 28.9 Å². The minimum Gasteiger partial charge on any atom is -0.339 e. The monoisotopic (exact) mass is 527 g/mol. The van der Waals surface area contributed by atoms with Gasteiger partial charge in [0.05, 0.1) is 23.2 Å². The molecular weight excluding hydrogens is 493 g/mol. The molecular formula is C24H35ClFN5O3S. The predicted molar refractivity (Wildman–Crippen MR) is 138 cm³/mol. The summed E-state index contributed by atoms with van der Waals surface area (Å²) in [5, 5.41) is 3.08. The standard InChI is InChI=1S/C24H35ClFN5O3S/c1-7-9-18(30(5)35(6,33)34)12-13-31(8-2)24(32)21-15-27-23(22(29-21)16(3)4)28-17-10-11-19(25)20(26)14-17/h10-11,14-16,18H,7-9,12-13H2,1-6H3,(H,27,28). The molecule has 0 fully saturated rings. The van der Waals surface area contributed by atoms with Crippen LogP contribution < -0.4 is 5.32 Å². The Hall–Kier alpha value is -2.30. The molecule has 0 aliphatic heterocycles. The lowest BCUT2D eigenvalue weighted by atomic mass is 10.1. The van der Waals surface area contributed by atoms with Crippen molar-refractivity contribution in [2.45, 2.75) is 58.9 Å². The van der Waals surface area contributed by atoms with E-state index in [0.29, 0.717) is 43.1 Å². The maximum atomic E-state index is 13.8. The van der Waals surface area contributed by atoms with Crippen LogP contribution in [-0.2, 0) is 10.0 Å². The lowest BCUT2D eigenvalue weighted by Gasteiger charge is -2.29. The van der Waals surface area contributed by atoms with E-state index in [2.05, 4.69) is 15.3 Å². The molecule has 35 heavy (non-hydrogen) atoms. The molecule has 1 heterocycles. The van der Waals surface area contributed by atoms with Crippen molar-refractivity contribution >= 4 is 39.0 Å². The molecule has 8 nitrogen and oxygen atoms in total. The Balaban J connectivity index is 2.23. The molecule has 1 N–H and O–H groups in total. The summed E-state index contributed by atoms with van der Waals surface area (Å²) < 4.78 is 39.2. The molecule has 0 saturated heterocycles. The Morgan fingerprint density at radius 1 is 1.23 bits per heavy atom. The highest BCUT2D eigenvalue weighted by Gasteiger charge is 2.25. The van der Waals surface area contributed by atoms with Crippen LogP contribution in [0.15, 0.2) is 24.4 Å². The molecule has 2 aromatic rings. The molecule has 0 aliphatic carbocycles. The SMILES string of the molecule is CCCC(CCN(CC)C(=O)c1cnc(Nc2ccc(Cl)c(F)c2)c(C(C)C)n1)N(C)S(C)(=O)=O. The van der Waals surface area contributed by atoms with Crippen LogP contribution in [0.5, 0.6) is 0 Å². The highest BCUT2D eigenvalue weighted by atomic mass is 35.5. The number of hydrogen-bond acceptors (Lipinski definition) is 6. The fraction of sp³-hybridized carbons (Fsp3) is 0.542. The van der Waals surface area contributed by atoms with Gasteiger partial charge in [-0.2, -0.15) is 0 Å². The molecule has 1 aromatic heterocycles. The number of rotatable bonds is 12. The summed E-state index contributed by atoms with van der Waals surface area (Å²) in [6.07, 6.45) is 4.65. The van der Waals surface area contributed by atoms with Gasteiger partial charge in [-0.25, -0.2) is 27.1 Å². The first-order valence-electron chi connectivity index (χ1n) is 11.7. The van der Waals surface area contributed by atoms with Gasteiger partial charge in [0.15, 0.2) is 5.82 Å². The highest BCUT2D eigenvalue weighted by molar-refractivity contribution is 7.88. The molecule has 11 heteroatoms. The van der Waals surface area contributed by atoms with E-state index in [1.807, 2.05) is 27.7 Å². The molecule has 0 spiro atoms. The summed E-state index contributed by atoms with van der Waals surface area (Å²) in [6.45, 7) is 8.57. The van der Waals surface area contributed by atoms with Crippen LogP contribution in [0.25, 0.3) is 0 Å². The fourth-order valence-corrected chi connectivity index (χ4v) is 4.57. The van der Waals surface area contributed by atoms with Crippen LogP contribution in [0.4, 0.5) is 15.9 Å². The number of halogens is 2. The van der Waals surface area contributed by atoms with E-state index >= 15 is 0 Å². The number of sulfonamides is 1. The number of nitrogens with one attached hydrogen (secondary N) is 1. The second kappa shape index (κ2) is 12.6. The van der Waals surface area contributed by atoms with E-state index in [-0.39, 0.29) is 28.6 Å². The number of anilines is 2. The smallest absolute Gasteiger partial charge is 0.274 e. The van der Waals surface area contributed by atoms with Crippen LogP contribution in [0.1, 0.15) is 69.1 Å². The Labute approximate surface area is 212 Å². The number of carbonyl (C=O) groups excluding carboxylic acids is 1. The molecule has 1 atom stereocenters. The molecule has 0 saturated carbocycles. The largest absolute Gasteiger partial charge is 0.339 e. The summed E-state index contributed by atoms with van der Waals surface area (Å²) in [6, 6.07) is 4.16. The van der Waals surface area contributed by atoms with Gasteiger partial charge in [0.25, 0.3) is 5.91 Å². The number of hydrogen-bond donors (Lipinski definition) is 1. The van der Waals surface area contributed by atoms with Crippen molar-refractivity contribution in [2.24, 2.45) is 0 Å². The minimum absolute atomic E-state index is 0.0234. The average Bonchev–Trinajstić information content (AvgIpc) is 2.80. The Bertz CT molecular complexity index is 1130. The molecule has 1 aromatic carbocycles. The third kappa shape index (κ3) is 7.85. The van der Waals surface area contributed by atoms with Crippen molar-refractivity contribution in [3.8, 4) is 0 Å². The van der Waals surface area contributed by atoms with Crippen LogP contribution in [-0.4, -0.2) is 65.9 Å². The van der Waals surface area contributed by atoms with Crippen molar-refractivity contribution in [3.05, 3.63) is 46.6 Å². The van der Waals surface area contributed by atoms with Gasteiger partial charge in [-0.1, -0.05) is 38.8 Å². The molecule has 0 radical (unpaired) electrons. The normalized spacial score (nSPS) is 12.7. The lowest BCUT2D eigenvalue weighted by molar-refractivity contribution is 0.0746. The van der Waals surface area contributed by atoms with Crippen molar-refractivity contribution in [3.63, 3.8) is 0 Å². The zero-order valence-electron chi connectivity index (χ0n) is 21.2. The predicted octanol–water partition coefficient (Wildman–Crippen LogP) is 5.05. The number of benzene rings is 1. The van der Waals surface area contributed by atoms with Gasteiger partial charge in [0.2, 0.25) is 10.0 Å². The topological polar surface area (TPSA) is 95.5 Å². The number of nitrogens with zero attached hydrogens (tertiary/aromatic N) is 4. The van der Waals surface area contributed by atoms with Gasteiger partial charge in [-0.3, -0.25) is 4.79 Å². The van der Waals surface area contributed by atoms with Crippen LogP contribution in [0, 0.1) is 5.82 Å². The Morgan fingerprint density at radius 2 is 1.91 bits per heavy atom. The van der Waals surface area contributed by atoms with Gasteiger partial charge in [0.1, 0.15) is 11.5 Å². The molecule has 1 unspecified atom stereocenters. The number of carbonyl (C=O) groups is 1. The lowest BCUT2D eigenvalue weighted by Crippen LogP contribution is -2.40. The number of aromatic nitrogens is 2. The zero-order valence-corrected chi connectivity index (χ0v) is 22.7. The summed E-state index contributed by atoms with van der Waals surface area (Å²) >= 11 is 5.76. The van der Waals surface area contributed by atoms with E-state index < -0.39 is 15.8 Å². The summed E-state index contributed by atoms with van der Waals surface area (Å²) in [5.41, 5.74) is 1.24. The molecule has 2 rings (SSSR count). The van der Waals surface area contributed by atoms with E-state index in [0.717, 1.165) is 6.42 Å². The maximum Gasteiger partial charge on any atom is 0.274 e. The van der Waals surface area contributed by atoms with Crippen molar-refractivity contribution in [2.75, 3.05) is 31.7 Å². The molecule has 1 amide bonds. The van der Waals surface area contributed by atoms with E-state index in [9.17, 15) is 17.6 Å². The van der Waals surface area contributed by atoms with Crippen LogP contribution in [0.3, 0.4) is 0 Å². The molecule has 0 aliphatic rings. The van der Waals surface area contributed by atoms with Crippen LogP contribution in [0.2, 0.25) is 5.02 Å². The first-order chi connectivity index (χ1) is 16.4. The van der Waals surface area contributed by atoms with Gasteiger partial charge in [0, 0.05) is 31.9 Å². The van der Waals surface area contributed by atoms with Crippen molar-refractivity contribution in [1.82, 2.24) is 19.2 Å². The summed E-state index contributed by atoms with van der Waals surface area (Å²) in [7, 11) is -1.76. The Morgan fingerprint density at radius 3 is 2.46 bits per heavy atom. The van der Waals surface area contributed by atoms with Crippen molar-refractivity contribution < 1.29 is 17.6 Å². The fourth-order valence-electron chi connectivity index (χ4n) is 3.70. The second-order valence-corrected chi connectivity index (χ2v) is 11.2. The van der Waals surface area contributed by atoms with Gasteiger partial charge in [-0.15, -0.1) is 0 Å². The van der Waals surface area contributed by atoms with Crippen LogP contribution >= 0.6 is 11.6 Å². The Kier molecular flexibility index (Phi) is 10.4. The summed E-state index contributed by atoms with van der Waals surface area (Å²) in [4.78, 5) is 23.9. The molecule has 0 bridgehead atoms. The summed E-state index contributed by atoms with van der Waals surface area (Å²) in [5.74, 6) is -0.450. The van der Waals surface area contributed by atoms with E-state index in [4.69, 9.17) is 11.6 Å². The minimum atomic E-state index is -3.33. The molecule has 194 valence electrons. The van der Waals surface area contributed by atoms with Gasteiger partial charge in [-0.05, 0) is 43.9 Å². The first-order valence-corrected chi connectivity index (χ1v) is 13.9. The third-order valence-electron chi connectivity index (χ3n) is 5.81.